The molecule has 0 heterocycles. The lowest BCUT2D eigenvalue weighted by Crippen LogP contribution is -2.37. The van der Waals surface area contributed by atoms with Crippen LogP contribution in [-0.4, -0.2) is 19.1 Å². The molecule has 3 rings (SSSR count). The van der Waals surface area contributed by atoms with Gasteiger partial charge in [0.2, 0.25) is 0 Å². The molecule has 2 fully saturated rings. The van der Waals surface area contributed by atoms with Gasteiger partial charge in [-0.25, -0.2) is 4.99 Å². The van der Waals surface area contributed by atoms with Crippen LogP contribution in [0.25, 0.3) is 0 Å². The van der Waals surface area contributed by atoms with Crippen molar-refractivity contribution in [3.05, 3.63) is 29.8 Å². The quantitative estimate of drug-likeness (QED) is 0.599. The average Bonchev–Trinajstić information content (AvgIpc) is 3.26. The molecule has 2 aliphatic rings. The number of hydrogen-bond donors (Lipinski definition) is 2. The van der Waals surface area contributed by atoms with Crippen LogP contribution < -0.4 is 15.8 Å². The first-order chi connectivity index (χ1) is 10.3. The second-order valence-corrected chi connectivity index (χ2v) is 6.24. The second-order valence-electron chi connectivity index (χ2n) is 6.24. The van der Waals surface area contributed by atoms with Crippen LogP contribution in [0.1, 0.15) is 37.7 Å². The van der Waals surface area contributed by atoms with E-state index in [-0.39, 0.29) is 0 Å². The van der Waals surface area contributed by atoms with E-state index < -0.39 is 0 Å². The fourth-order valence-electron chi connectivity index (χ4n) is 2.44. The van der Waals surface area contributed by atoms with Crippen molar-refractivity contribution in [1.82, 2.24) is 5.32 Å². The number of nitrogens with zero attached hydrogens (tertiary/aromatic N) is 1. The van der Waals surface area contributed by atoms with Gasteiger partial charge in [0.1, 0.15) is 5.75 Å². The van der Waals surface area contributed by atoms with Crippen LogP contribution in [0, 0.1) is 11.8 Å². The highest BCUT2D eigenvalue weighted by Gasteiger charge is 2.22. The Morgan fingerprint density at radius 3 is 2.71 bits per heavy atom. The molecule has 0 bridgehead atoms. The maximum absolute atomic E-state index is 5.93. The van der Waals surface area contributed by atoms with Crippen molar-refractivity contribution in [3.63, 3.8) is 0 Å². The minimum absolute atomic E-state index is 0.541. The largest absolute Gasteiger partial charge is 0.493 e. The zero-order chi connectivity index (χ0) is 14.5. The van der Waals surface area contributed by atoms with E-state index in [1.807, 2.05) is 18.2 Å². The molecule has 4 nitrogen and oxygen atoms in total. The molecule has 0 spiro atoms. The number of benzene rings is 1. The lowest BCUT2D eigenvalue weighted by atomic mass is 9.85. The minimum atomic E-state index is 0.541. The molecule has 0 atom stereocenters. The van der Waals surface area contributed by atoms with Gasteiger partial charge in [0, 0.05) is 12.1 Å². The predicted octanol–water partition coefficient (Wildman–Crippen LogP) is 2.68. The van der Waals surface area contributed by atoms with Crippen LogP contribution in [0.5, 0.6) is 5.75 Å². The molecule has 2 saturated carbocycles. The van der Waals surface area contributed by atoms with Gasteiger partial charge in [-0.05, 0) is 43.6 Å². The van der Waals surface area contributed by atoms with Crippen molar-refractivity contribution < 1.29 is 4.74 Å². The van der Waals surface area contributed by atoms with Gasteiger partial charge in [-0.1, -0.05) is 24.6 Å². The minimum Gasteiger partial charge on any atom is -0.493 e. The van der Waals surface area contributed by atoms with E-state index in [0.717, 1.165) is 36.3 Å². The molecular formula is C17H25N3O. The highest BCUT2D eigenvalue weighted by atomic mass is 16.5. The molecule has 0 amide bonds. The Morgan fingerprint density at radius 2 is 2.00 bits per heavy atom. The molecule has 2 aliphatic carbocycles. The SMILES string of the molecule is NC(=NCc1ccccc1OCC1CC1)NCC1CCC1. The third-order valence-electron chi connectivity index (χ3n) is 4.36. The topological polar surface area (TPSA) is 59.6 Å². The molecule has 1 aromatic carbocycles. The number of rotatable bonds is 7. The maximum Gasteiger partial charge on any atom is 0.188 e. The lowest BCUT2D eigenvalue weighted by Gasteiger charge is -2.25. The number of nitrogens with one attached hydrogen (secondary N) is 1. The highest BCUT2D eigenvalue weighted by molar-refractivity contribution is 5.77. The summed E-state index contributed by atoms with van der Waals surface area (Å²) in [7, 11) is 0. The van der Waals surface area contributed by atoms with Crippen molar-refractivity contribution in [2.45, 2.75) is 38.6 Å². The fraction of sp³-hybridized carbons (Fsp3) is 0.588. The molecule has 0 unspecified atom stereocenters. The van der Waals surface area contributed by atoms with Crippen LogP contribution in [0.2, 0.25) is 0 Å². The zero-order valence-electron chi connectivity index (χ0n) is 12.6. The van der Waals surface area contributed by atoms with Crippen LogP contribution in [-0.2, 0) is 6.54 Å². The summed E-state index contributed by atoms with van der Waals surface area (Å²) in [5.41, 5.74) is 7.03. The summed E-state index contributed by atoms with van der Waals surface area (Å²) >= 11 is 0. The first kappa shape index (κ1) is 14.2. The number of para-hydroxylation sites is 1. The summed E-state index contributed by atoms with van der Waals surface area (Å²) < 4.78 is 5.89. The smallest absolute Gasteiger partial charge is 0.188 e. The number of guanidine groups is 1. The fourth-order valence-corrected chi connectivity index (χ4v) is 2.44. The zero-order valence-corrected chi connectivity index (χ0v) is 12.6. The van der Waals surface area contributed by atoms with E-state index in [9.17, 15) is 0 Å². The average molecular weight is 287 g/mol. The molecule has 0 aliphatic heterocycles. The summed E-state index contributed by atoms with van der Waals surface area (Å²) in [4.78, 5) is 4.43. The number of nitrogens with two attached hydrogens (primary N) is 1. The monoisotopic (exact) mass is 287 g/mol. The summed E-state index contributed by atoms with van der Waals surface area (Å²) in [6.45, 7) is 2.36. The molecule has 0 saturated heterocycles. The van der Waals surface area contributed by atoms with Crippen LogP contribution in [0.4, 0.5) is 0 Å². The van der Waals surface area contributed by atoms with Gasteiger partial charge < -0.3 is 15.8 Å². The van der Waals surface area contributed by atoms with Crippen molar-refractivity contribution in [3.8, 4) is 5.75 Å². The Bertz CT molecular complexity index is 493. The molecule has 0 radical (unpaired) electrons. The van der Waals surface area contributed by atoms with E-state index in [1.54, 1.807) is 0 Å². The first-order valence-corrected chi connectivity index (χ1v) is 8.06. The number of ether oxygens (including phenoxy) is 1. The molecular weight excluding hydrogens is 262 g/mol. The molecule has 21 heavy (non-hydrogen) atoms. The van der Waals surface area contributed by atoms with E-state index >= 15 is 0 Å². The van der Waals surface area contributed by atoms with Crippen LogP contribution >= 0.6 is 0 Å². The van der Waals surface area contributed by atoms with Crippen LogP contribution in [0.15, 0.2) is 29.3 Å². The summed E-state index contributed by atoms with van der Waals surface area (Å²) in [5.74, 6) is 3.03. The Balaban J connectivity index is 1.50. The normalized spacial score (nSPS) is 19.1. The highest BCUT2D eigenvalue weighted by Crippen LogP contribution is 2.30. The Hall–Kier alpha value is -1.71. The van der Waals surface area contributed by atoms with Crippen molar-refractivity contribution >= 4 is 5.96 Å². The Kier molecular flexibility index (Phi) is 4.63. The first-order valence-electron chi connectivity index (χ1n) is 8.06. The van der Waals surface area contributed by atoms with E-state index in [4.69, 9.17) is 10.5 Å². The van der Waals surface area contributed by atoms with Gasteiger partial charge in [-0.15, -0.1) is 0 Å². The van der Waals surface area contributed by atoms with Gasteiger partial charge >= 0.3 is 0 Å². The summed E-state index contributed by atoms with van der Waals surface area (Å²) in [5, 5.41) is 3.22. The molecule has 4 heteroatoms. The lowest BCUT2D eigenvalue weighted by molar-refractivity contribution is 0.297. The number of hydrogen-bond acceptors (Lipinski definition) is 2. The maximum atomic E-state index is 5.93. The van der Waals surface area contributed by atoms with Gasteiger partial charge in [-0.3, -0.25) is 0 Å². The van der Waals surface area contributed by atoms with Crippen molar-refractivity contribution in [2.75, 3.05) is 13.2 Å². The summed E-state index contributed by atoms with van der Waals surface area (Å²) in [6, 6.07) is 8.11. The van der Waals surface area contributed by atoms with Gasteiger partial charge in [0.15, 0.2) is 5.96 Å². The van der Waals surface area contributed by atoms with E-state index in [2.05, 4.69) is 16.4 Å². The third-order valence-corrected chi connectivity index (χ3v) is 4.36. The molecule has 3 N–H and O–H groups in total. The summed E-state index contributed by atoms with van der Waals surface area (Å²) in [6.07, 6.45) is 6.60. The number of aliphatic imine (C=N–C) groups is 1. The Labute approximate surface area is 126 Å². The van der Waals surface area contributed by atoms with Crippen molar-refractivity contribution in [1.29, 1.82) is 0 Å². The molecule has 114 valence electrons. The van der Waals surface area contributed by atoms with Crippen LogP contribution in [0.3, 0.4) is 0 Å². The van der Waals surface area contributed by atoms with Crippen molar-refractivity contribution in [2.24, 2.45) is 22.6 Å². The molecule has 1 aromatic rings. The predicted molar refractivity (Wildman–Crippen MR) is 85.3 cm³/mol. The van der Waals surface area contributed by atoms with E-state index in [1.165, 1.54) is 32.1 Å². The third kappa shape index (κ3) is 4.38. The molecule has 0 aromatic heterocycles. The van der Waals surface area contributed by atoms with Gasteiger partial charge in [0.25, 0.3) is 0 Å². The van der Waals surface area contributed by atoms with E-state index in [0.29, 0.717) is 12.5 Å². The standard InChI is InChI=1S/C17H25N3O/c18-17(19-10-13-4-3-5-13)20-11-15-6-1-2-7-16(15)21-12-14-8-9-14/h1-2,6-7,13-14H,3-5,8-12H2,(H3,18,19,20). The Morgan fingerprint density at radius 1 is 1.19 bits per heavy atom. The second kappa shape index (κ2) is 6.83. The van der Waals surface area contributed by atoms with Gasteiger partial charge in [0.05, 0.1) is 13.2 Å². The van der Waals surface area contributed by atoms with Gasteiger partial charge in [-0.2, -0.15) is 0 Å².